The maximum Gasteiger partial charge on any atom is 0.387 e. The van der Waals surface area contributed by atoms with Crippen LogP contribution in [0.2, 0.25) is 0 Å². The molecular formula is C24H15F2N5O2. The summed E-state index contributed by atoms with van der Waals surface area (Å²) in [4.78, 5) is 25.5. The van der Waals surface area contributed by atoms with Crippen LogP contribution in [0.25, 0.3) is 11.0 Å². The van der Waals surface area contributed by atoms with E-state index >= 15 is 0 Å². The fourth-order valence-electron chi connectivity index (χ4n) is 4.60. The van der Waals surface area contributed by atoms with E-state index in [0.29, 0.717) is 28.9 Å². The van der Waals surface area contributed by atoms with Crippen LogP contribution in [0, 0.1) is 11.8 Å². The number of hydrogen-bond acceptors (Lipinski definition) is 5. The quantitative estimate of drug-likeness (QED) is 0.479. The number of hydrogen-bond donors (Lipinski definition) is 1. The van der Waals surface area contributed by atoms with Crippen molar-refractivity contribution < 1.29 is 18.3 Å². The number of imidazole rings is 1. The van der Waals surface area contributed by atoms with E-state index in [1.54, 1.807) is 24.5 Å². The zero-order valence-corrected chi connectivity index (χ0v) is 17.0. The molecule has 2 bridgehead atoms. The first-order chi connectivity index (χ1) is 16.1. The molecule has 1 amide bonds. The Bertz CT molecular complexity index is 1470. The van der Waals surface area contributed by atoms with Crippen LogP contribution in [0.4, 0.5) is 8.78 Å². The van der Waals surface area contributed by atoms with Crippen LogP contribution in [0.15, 0.2) is 55.1 Å². The van der Waals surface area contributed by atoms with Gasteiger partial charge in [-0.15, -0.1) is 0 Å². The van der Waals surface area contributed by atoms with Crippen molar-refractivity contribution in [3.8, 4) is 17.6 Å². The molecule has 1 N–H and O–H groups in total. The average molecular weight is 443 g/mol. The van der Waals surface area contributed by atoms with Crippen molar-refractivity contribution in [1.82, 2.24) is 24.8 Å². The van der Waals surface area contributed by atoms with Crippen LogP contribution in [-0.4, -0.2) is 32.0 Å². The van der Waals surface area contributed by atoms with Crippen LogP contribution >= 0.6 is 0 Å². The standard InChI is InChI=1S/C24H15F2N5O2/c25-24(26)33-20-3-1-2-15-21(20)19-9-17(30-23(15)32)22-29-16-7-6-13(8-18(16)31(19)22)4-5-14-10-27-12-28-11-14/h1-3,6-8,10-12,17,19,24H,9H2,(H,30,32)/t17?,19-/m1/s1. The van der Waals surface area contributed by atoms with Gasteiger partial charge in [0.1, 0.15) is 17.9 Å². The minimum Gasteiger partial charge on any atom is -0.434 e. The van der Waals surface area contributed by atoms with Crippen molar-refractivity contribution in [1.29, 1.82) is 0 Å². The predicted octanol–water partition coefficient (Wildman–Crippen LogP) is 3.61. The van der Waals surface area contributed by atoms with Crippen molar-refractivity contribution in [3.63, 3.8) is 0 Å². The van der Waals surface area contributed by atoms with Crippen LogP contribution in [-0.2, 0) is 0 Å². The zero-order valence-electron chi connectivity index (χ0n) is 17.0. The lowest BCUT2D eigenvalue weighted by Gasteiger charge is -2.21. The van der Waals surface area contributed by atoms with Gasteiger partial charge in [-0.25, -0.2) is 15.0 Å². The first kappa shape index (κ1) is 19.4. The molecule has 0 fully saturated rings. The van der Waals surface area contributed by atoms with Crippen LogP contribution < -0.4 is 10.1 Å². The van der Waals surface area contributed by atoms with Gasteiger partial charge >= 0.3 is 6.61 Å². The third-order valence-corrected chi connectivity index (χ3v) is 5.88. The zero-order chi connectivity index (χ0) is 22.5. The van der Waals surface area contributed by atoms with E-state index in [2.05, 4.69) is 27.1 Å². The van der Waals surface area contributed by atoms with Crippen molar-refractivity contribution in [3.05, 3.63) is 83.2 Å². The fraction of sp³-hybridized carbons (Fsp3) is 0.167. The monoisotopic (exact) mass is 443 g/mol. The van der Waals surface area contributed by atoms with Gasteiger partial charge in [0.25, 0.3) is 5.91 Å². The summed E-state index contributed by atoms with van der Waals surface area (Å²) in [5.74, 6) is 6.49. The van der Waals surface area contributed by atoms with Gasteiger partial charge in [-0.2, -0.15) is 8.78 Å². The average Bonchev–Trinajstić information content (AvgIpc) is 3.30. The third-order valence-electron chi connectivity index (χ3n) is 5.88. The first-order valence-corrected chi connectivity index (χ1v) is 10.3. The summed E-state index contributed by atoms with van der Waals surface area (Å²) in [5.41, 5.74) is 3.76. The Labute approximate surface area is 186 Å². The highest BCUT2D eigenvalue weighted by molar-refractivity contribution is 5.98. The summed E-state index contributed by atoms with van der Waals surface area (Å²) in [7, 11) is 0. The number of alkyl halides is 2. The number of halogens is 2. The summed E-state index contributed by atoms with van der Waals surface area (Å²) in [5, 5.41) is 2.98. The summed E-state index contributed by atoms with van der Waals surface area (Å²) < 4.78 is 33.1. The Morgan fingerprint density at radius 3 is 2.76 bits per heavy atom. The molecule has 6 rings (SSSR count). The number of nitrogens with one attached hydrogen (secondary N) is 1. The molecule has 0 aliphatic carbocycles. The van der Waals surface area contributed by atoms with Crippen LogP contribution in [0.3, 0.4) is 0 Å². The summed E-state index contributed by atoms with van der Waals surface area (Å²) in [6, 6.07) is 9.56. The molecule has 2 aromatic heterocycles. The Kier molecular flexibility index (Phi) is 4.33. The molecule has 4 heterocycles. The highest BCUT2D eigenvalue weighted by atomic mass is 19.3. The van der Waals surface area contributed by atoms with Crippen molar-refractivity contribution >= 4 is 16.9 Å². The molecule has 0 spiro atoms. The topological polar surface area (TPSA) is 81.9 Å². The van der Waals surface area contributed by atoms with Gasteiger partial charge < -0.3 is 14.6 Å². The Morgan fingerprint density at radius 2 is 1.94 bits per heavy atom. The Morgan fingerprint density at radius 1 is 1.12 bits per heavy atom. The highest BCUT2D eigenvalue weighted by Gasteiger charge is 2.42. The van der Waals surface area contributed by atoms with Gasteiger partial charge in [-0.1, -0.05) is 17.9 Å². The Balaban J connectivity index is 1.51. The van der Waals surface area contributed by atoms with Gasteiger partial charge in [-0.3, -0.25) is 4.79 Å². The first-order valence-electron chi connectivity index (χ1n) is 10.3. The van der Waals surface area contributed by atoms with E-state index in [0.717, 1.165) is 16.6 Å². The second kappa shape index (κ2) is 7.38. The number of nitrogens with zero attached hydrogens (tertiary/aromatic N) is 4. The number of amides is 1. The number of carbonyl (C=O) groups excluding carboxylic acids is 1. The van der Waals surface area contributed by atoms with E-state index < -0.39 is 6.61 Å². The van der Waals surface area contributed by atoms with Gasteiger partial charge in [0.2, 0.25) is 0 Å². The molecule has 2 aliphatic heterocycles. The number of fused-ring (bicyclic) bond motifs is 9. The molecule has 2 atom stereocenters. The molecule has 162 valence electrons. The molecule has 0 saturated heterocycles. The number of benzene rings is 2. The van der Waals surface area contributed by atoms with Crippen LogP contribution in [0.1, 0.15) is 51.4 Å². The van der Waals surface area contributed by atoms with Gasteiger partial charge in [0, 0.05) is 29.1 Å². The van der Waals surface area contributed by atoms with Gasteiger partial charge in [0.05, 0.1) is 28.7 Å². The van der Waals surface area contributed by atoms with Crippen molar-refractivity contribution in [2.45, 2.75) is 25.1 Å². The minimum absolute atomic E-state index is 0.00183. The maximum absolute atomic E-state index is 13.1. The van der Waals surface area contributed by atoms with Gasteiger partial charge in [0.15, 0.2) is 0 Å². The number of rotatable bonds is 2. The lowest BCUT2D eigenvalue weighted by Crippen LogP contribution is -2.28. The van der Waals surface area contributed by atoms with E-state index in [1.165, 1.54) is 12.4 Å². The normalized spacial score (nSPS) is 18.2. The van der Waals surface area contributed by atoms with E-state index in [1.807, 2.05) is 22.8 Å². The van der Waals surface area contributed by atoms with Gasteiger partial charge in [-0.05, 0) is 36.8 Å². The summed E-state index contributed by atoms with van der Waals surface area (Å²) >= 11 is 0. The second-order valence-electron chi connectivity index (χ2n) is 7.79. The molecular weight excluding hydrogens is 428 g/mol. The molecule has 9 heteroatoms. The molecule has 33 heavy (non-hydrogen) atoms. The molecule has 7 nitrogen and oxygen atoms in total. The molecule has 0 saturated carbocycles. The molecule has 0 radical (unpaired) electrons. The van der Waals surface area contributed by atoms with E-state index in [4.69, 9.17) is 9.72 Å². The Hall–Kier alpha value is -4.32. The lowest BCUT2D eigenvalue weighted by molar-refractivity contribution is -0.0507. The maximum atomic E-state index is 13.1. The van der Waals surface area contributed by atoms with Crippen LogP contribution in [0.5, 0.6) is 5.75 Å². The number of carbonyl (C=O) groups is 1. The van der Waals surface area contributed by atoms with E-state index in [9.17, 15) is 13.6 Å². The predicted molar refractivity (Wildman–Crippen MR) is 114 cm³/mol. The lowest BCUT2D eigenvalue weighted by atomic mass is 9.97. The van der Waals surface area contributed by atoms with E-state index in [-0.39, 0.29) is 23.7 Å². The van der Waals surface area contributed by atoms with Crippen molar-refractivity contribution in [2.24, 2.45) is 0 Å². The van der Waals surface area contributed by atoms with Crippen molar-refractivity contribution in [2.75, 3.05) is 0 Å². The second-order valence-corrected chi connectivity index (χ2v) is 7.79. The highest BCUT2D eigenvalue weighted by Crippen LogP contribution is 2.47. The smallest absolute Gasteiger partial charge is 0.387 e. The molecule has 2 aromatic carbocycles. The molecule has 2 aliphatic rings. The fourth-order valence-corrected chi connectivity index (χ4v) is 4.60. The minimum atomic E-state index is -3.00. The molecule has 4 aromatic rings. The SMILES string of the molecule is O=C1NC2C[C@H](c3c(OC(F)F)cccc31)n1c2nc2ccc(C#Cc3cncnc3)cc21. The summed E-state index contributed by atoms with van der Waals surface area (Å²) in [6.45, 7) is -3.00. The summed E-state index contributed by atoms with van der Waals surface area (Å²) in [6.07, 6.45) is 5.20. The number of ether oxygens (including phenoxy) is 1. The number of aromatic nitrogens is 4. The molecule has 1 unspecified atom stereocenters. The third kappa shape index (κ3) is 3.19. The largest absolute Gasteiger partial charge is 0.434 e.